The van der Waals surface area contributed by atoms with Crippen LogP contribution in [-0.2, 0) is 0 Å². The smallest absolute Gasteiger partial charge is 0.354 e. The van der Waals surface area contributed by atoms with Crippen molar-refractivity contribution in [3.63, 3.8) is 0 Å². The molecule has 0 unspecified atom stereocenters. The molecule has 0 saturated carbocycles. The number of carboxylic acid groups (broad SMARTS) is 1. The van der Waals surface area contributed by atoms with E-state index in [4.69, 9.17) is 27.9 Å². The van der Waals surface area contributed by atoms with Crippen LogP contribution in [-0.4, -0.2) is 28.0 Å². The van der Waals surface area contributed by atoms with Crippen molar-refractivity contribution >= 4 is 29.2 Å². The van der Waals surface area contributed by atoms with Gasteiger partial charge in [-0.15, -0.1) is 0 Å². The third-order valence-corrected chi connectivity index (χ3v) is 4.20. The molecule has 0 fully saturated rings. The summed E-state index contributed by atoms with van der Waals surface area (Å²) in [6.07, 6.45) is 0. The van der Waals surface area contributed by atoms with Crippen molar-refractivity contribution < 1.29 is 14.6 Å². The number of benzene rings is 2. The number of nitrogens with zero attached hydrogens (tertiary/aromatic N) is 2. The van der Waals surface area contributed by atoms with Gasteiger partial charge in [0, 0.05) is 5.56 Å². The first-order valence-electron chi connectivity index (χ1n) is 6.93. The molecule has 7 heteroatoms. The SMILES string of the molecule is COc1ccc(-n2nc(-c3ccc(Cl)c(Cl)c3)cc2C(=O)O)cc1. The molecule has 0 aliphatic heterocycles. The molecule has 0 amide bonds. The van der Waals surface area contributed by atoms with Crippen molar-refractivity contribution in [3.8, 4) is 22.7 Å². The van der Waals surface area contributed by atoms with Crippen molar-refractivity contribution in [2.75, 3.05) is 7.11 Å². The molecule has 2 aromatic carbocycles. The van der Waals surface area contributed by atoms with E-state index >= 15 is 0 Å². The van der Waals surface area contributed by atoms with Gasteiger partial charge in [0.2, 0.25) is 0 Å². The Morgan fingerprint density at radius 1 is 1.08 bits per heavy atom. The van der Waals surface area contributed by atoms with Gasteiger partial charge >= 0.3 is 5.97 Å². The molecule has 122 valence electrons. The summed E-state index contributed by atoms with van der Waals surface area (Å²) in [6, 6.07) is 13.5. The van der Waals surface area contributed by atoms with Gasteiger partial charge in [-0.3, -0.25) is 0 Å². The predicted octanol–water partition coefficient (Wildman–Crippen LogP) is 4.55. The number of aromatic carboxylic acids is 1. The third-order valence-electron chi connectivity index (χ3n) is 3.46. The maximum atomic E-state index is 11.6. The van der Waals surface area contributed by atoms with Crippen LogP contribution >= 0.6 is 23.2 Å². The number of carboxylic acids is 1. The van der Waals surface area contributed by atoms with E-state index in [0.717, 1.165) is 0 Å². The maximum Gasteiger partial charge on any atom is 0.354 e. The highest BCUT2D eigenvalue weighted by Crippen LogP contribution is 2.29. The van der Waals surface area contributed by atoms with Gasteiger partial charge in [0.05, 0.1) is 28.5 Å². The van der Waals surface area contributed by atoms with Gasteiger partial charge in [-0.1, -0.05) is 29.3 Å². The summed E-state index contributed by atoms with van der Waals surface area (Å²) >= 11 is 11.9. The van der Waals surface area contributed by atoms with Crippen LogP contribution in [0.1, 0.15) is 10.5 Å². The lowest BCUT2D eigenvalue weighted by Gasteiger charge is -2.05. The normalized spacial score (nSPS) is 10.6. The lowest BCUT2D eigenvalue weighted by Crippen LogP contribution is -2.07. The molecular formula is C17H12Cl2N2O3. The largest absolute Gasteiger partial charge is 0.497 e. The Balaban J connectivity index is 2.10. The topological polar surface area (TPSA) is 64.4 Å². The van der Waals surface area contributed by atoms with E-state index in [1.165, 1.54) is 10.7 Å². The fraction of sp³-hybridized carbons (Fsp3) is 0.0588. The van der Waals surface area contributed by atoms with Crippen molar-refractivity contribution in [2.45, 2.75) is 0 Å². The highest BCUT2D eigenvalue weighted by molar-refractivity contribution is 6.42. The first kappa shape index (κ1) is 16.4. The third kappa shape index (κ3) is 3.09. The summed E-state index contributed by atoms with van der Waals surface area (Å²) in [5.41, 5.74) is 1.82. The molecule has 0 radical (unpaired) electrons. The zero-order valence-electron chi connectivity index (χ0n) is 12.5. The number of rotatable bonds is 4. The van der Waals surface area contributed by atoms with Crippen LogP contribution in [0.2, 0.25) is 10.0 Å². The molecule has 0 atom stereocenters. The van der Waals surface area contributed by atoms with Gasteiger partial charge in [-0.2, -0.15) is 5.10 Å². The average Bonchev–Trinajstić information content (AvgIpc) is 3.03. The molecule has 1 heterocycles. The number of halogens is 2. The molecule has 1 N–H and O–H groups in total. The van der Waals surface area contributed by atoms with Crippen molar-refractivity contribution in [1.82, 2.24) is 9.78 Å². The summed E-state index contributed by atoms with van der Waals surface area (Å²) in [7, 11) is 1.56. The molecule has 0 spiro atoms. The van der Waals surface area contributed by atoms with Gasteiger partial charge in [0.1, 0.15) is 5.75 Å². The molecule has 3 rings (SSSR count). The van der Waals surface area contributed by atoms with E-state index in [1.807, 2.05) is 0 Å². The molecule has 3 aromatic rings. The summed E-state index contributed by atoms with van der Waals surface area (Å²) < 4.78 is 6.47. The van der Waals surface area contributed by atoms with Crippen LogP contribution in [0.25, 0.3) is 16.9 Å². The number of aromatic nitrogens is 2. The summed E-state index contributed by atoms with van der Waals surface area (Å²) in [4.78, 5) is 11.6. The standard InChI is InChI=1S/C17H12Cl2N2O3/c1-24-12-5-3-11(4-6-12)21-16(17(22)23)9-15(20-21)10-2-7-13(18)14(19)8-10/h2-9H,1H3,(H,22,23). The summed E-state index contributed by atoms with van der Waals surface area (Å²) in [6.45, 7) is 0. The van der Waals surface area contributed by atoms with E-state index in [1.54, 1.807) is 49.6 Å². The van der Waals surface area contributed by atoms with Crippen LogP contribution < -0.4 is 4.74 Å². The average molecular weight is 363 g/mol. The Labute approximate surface area is 148 Å². The van der Waals surface area contributed by atoms with Crippen LogP contribution in [0.4, 0.5) is 0 Å². The highest BCUT2D eigenvalue weighted by atomic mass is 35.5. The van der Waals surface area contributed by atoms with Crippen molar-refractivity contribution in [3.05, 3.63) is 64.3 Å². The lowest BCUT2D eigenvalue weighted by molar-refractivity contribution is 0.0687. The second-order valence-corrected chi connectivity index (χ2v) is 5.77. The summed E-state index contributed by atoms with van der Waals surface area (Å²) in [5.74, 6) is -0.405. The fourth-order valence-corrected chi connectivity index (χ4v) is 2.55. The number of carbonyl (C=O) groups is 1. The zero-order chi connectivity index (χ0) is 17.3. The van der Waals surface area contributed by atoms with Crippen LogP contribution in [0.15, 0.2) is 48.5 Å². The van der Waals surface area contributed by atoms with Crippen LogP contribution in [0.3, 0.4) is 0 Å². The second-order valence-electron chi connectivity index (χ2n) is 4.96. The molecule has 0 bridgehead atoms. The minimum atomic E-state index is -1.08. The van der Waals surface area contributed by atoms with Gasteiger partial charge in [0.25, 0.3) is 0 Å². The first-order chi connectivity index (χ1) is 11.5. The Bertz CT molecular complexity index is 905. The van der Waals surface area contributed by atoms with Crippen molar-refractivity contribution in [2.24, 2.45) is 0 Å². The van der Waals surface area contributed by atoms with E-state index in [0.29, 0.717) is 32.7 Å². The van der Waals surface area contributed by atoms with Gasteiger partial charge in [-0.05, 0) is 42.5 Å². The van der Waals surface area contributed by atoms with E-state index in [9.17, 15) is 9.90 Å². The Kier molecular flexibility index (Phi) is 4.46. The molecule has 1 aromatic heterocycles. The molecule has 0 aliphatic rings. The van der Waals surface area contributed by atoms with Crippen LogP contribution in [0, 0.1) is 0 Å². The highest BCUT2D eigenvalue weighted by Gasteiger charge is 2.17. The Hall–Kier alpha value is -2.50. The Morgan fingerprint density at radius 3 is 2.38 bits per heavy atom. The first-order valence-corrected chi connectivity index (χ1v) is 7.68. The monoisotopic (exact) mass is 362 g/mol. The molecule has 24 heavy (non-hydrogen) atoms. The molecule has 0 saturated heterocycles. The van der Waals surface area contributed by atoms with Crippen molar-refractivity contribution in [1.29, 1.82) is 0 Å². The second kappa shape index (κ2) is 6.55. The number of ether oxygens (including phenoxy) is 1. The van der Waals surface area contributed by atoms with Gasteiger partial charge < -0.3 is 9.84 Å². The minimum Gasteiger partial charge on any atom is -0.497 e. The predicted molar refractivity (Wildman–Crippen MR) is 92.5 cm³/mol. The summed E-state index contributed by atoms with van der Waals surface area (Å²) in [5, 5.41) is 14.6. The Morgan fingerprint density at radius 2 is 1.79 bits per heavy atom. The van der Waals surface area contributed by atoms with Gasteiger partial charge in [0.15, 0.2) is 5.69 Å². The zero-order valence-corrected chi connectivity index (χ0v) is 14.0. The molecule has 5 nitrogen and oxygen atoms in total. The molecular weight excluding hydrogens is 351 g/mol. The van der Waals surface area contributed by atoms with Gasteiger partial charge in [-0.25, -0.2) is 9.48 Å². The quantitative estimate of drug-likeness (QED) is 0.739. The van der Waals surface area contributed by atoms with E-state index < -0.39 is 5.97 Å². The van der Waals surface area contributed by atoms with E-state index in [2.05, 4.69) is 5.10 Å². The lowest BCUT2D eigenvalue weighted by atomic mass is 10.1. The number of methoxy groups -OCH3 is 1. The molecule has 0 aliphatic carbocycles. The minimum absolute atomic E-state index is 0.0428. The van der Waals surface area contributed by atoms with Crippen LogP contribution in [0.5, 0.6) is 5.75 Å². The number of hydrogen-bond donors (Lipinski definition) is 1. The number of hydrogen-bond acceptors (Lipinski definition) is 3. The van der Waals surface area contributed by atoms with E-state index in [-0.39, 0.29) is 5.69 Å². The fourth-order valence-electron chi connectivity index (χ4n) is 2.25. The maximum absolute atomic E-state index is 11.6.